The van der Waals surface area contributed by atoms with E-state index < -0.39 is 4.33 Å². The van der Waals surface area contributed by atoms with E-state index in [1.165, 1.54) is 0 Å². The number of halogens is 3. The van der Waals surface area contributed by atoms with Crippen molar-refractivity contribution in [3.05, 3.63) is 70.2 Å². The first kappa shape index (κ1) is 16.5. The van der Waals surface area contributed by atoms with Crippen LogP contribution in [0.2, 0.25) is 0 Å². The van der Waals surface area contributed by atoms with E-state index >= 15 is 0 Å². The van der Waals surface area contributed by atoms with Gasteiger partial charge in [-0.25, -0.2) is 5.43 Å². The average Bonchev–Trinajstić information content (AvgIpc) is 3.09. The lowest BCUT2D eigenvalue weighted by Crippen LogP contribution is -2.18. The third-order valence-corrected chi connectivity index (χ3v) is 5.45. The van der Waals surface area contributed by atoms with Gasteiger partial charge >= 0.3 is 0 Å². The van der Waals surface area contributed by atoms with Gasteiger partial charge in [0.2, 0.25) is 0 Å². The van der Waals surface area contributed by atoms with Gasteiger partial charge in [-0.05, 0) is 33.6 Å². The van der Waals surface area contributed by atoms with Crippen molar-refractivity contribution in [1.29, 1.82) is 0 Å². The number of hydrogen-bond acceptors (Lipinski definition) is 2. The number of hydrazone groups is 1. The van der Waals surface area contributed by atoms with E-state index in [1.54, 1.807) is 24.4 Å². The van der Waals surface area contributed by atoms with Crippen molar-refractivity contribution < 1.29 is 4.79 Å². The number of carbonyl (C=O) groups excluding carboxylic acids is 1. The van der Waals surface area contributed by atoms with Crippen LogP contribution in [-0.4, -0.2) is 16.5 Å². The fraction of sp³-hybridized carbons (Fsp3) is 0.176. The van der Waals surface area contributed by atoms with Crippen LogP contribution in [-0.2, 0) is 0 Å². The number of alkyl halides is 2. The van der Waals surface area contributed by atoms with Gasteiger partial charge in [0.1, 0.15) is 4.33 Å². The summed E-state index contributed by atoms with van der Waals surface area (Å²) in [5, 5.41) is 4.01. The molecule has 3 rings (SSSR count). The molecule has 1 N–H and O–H groups in total. The van der Waals surface area contributed by atoms with Gasteiger partial charge in [-0.15, -0.1) is 23.2 Å². The summed E-state index contributed by atoms with van der Waals surface area (Å²) in [6.07, 6.45) is 1.60. The van der Waals surface area contributed by atoms with Gasteiger partial charge in [-0.1, -0.05) is 42.5 Å². The molecule has 0 radical (unpaired) electrons. The second kappa shape index (κ2) is 6.63. The molecule has 1 aliphatic carbocycles. The average molecular weight is 412 g/mol. The Morgan fingerprint density at radius 2 is 1.78 bits per heavy atom. The summed E-state index contributed by atoms with van der Waals surface area (Å²) in [6.45, 7) is 0. The van der Waals surface area contributed by atoms with Crippen LogP contribution in [0.4, 0.5) is 0 Å². The van der Waals surface area contributed by atoms with E-state index in [9.17, 15) is 4.79 Å². The molecule has 0 bridgehead atoms. The highest BCUT2D eigenvalue weighted by atomic mass is 79.9. The number of hydrogen-bond donors (Lipinski definition) is 1. The molecular formula is C17H13BrCl2N2O. The zero-order valence-electron chi connectivity index (χ0n) is 11.9. The smallest absolute Gasteiger partial charge is 0.267 e. The van der Waals surface area contributed by atoms with E-state index in [1.807, 2.05) is 36.4 Å². The van der Waals surface area contributed by atoms with Crippen LogP contribution in [0, 0.1) is 5.92 Å². The van der Waals surface area contributed by atoms with E-state index in [0.29, 0.717) is 10.0 Å². The van der Waals surface area contributed by atoms with Crippen LogP contribution in [0.1, 0.15) is 21.8 Å². The number of rotatable bonds is 4. The standard InChI is InChI=1S/C17H13BrCl2N2O/c18-14-9-5-4-8-12(14)16(23)22-21-10-13-15(17(13,19)20)11-6-2-1-3-7-11/h1-10,13,15H,(H,22,23). The number of benzene rings is 2. The first-order valence-electron chi connectivity index (χ1n) is 7.02. The molecule has 118 valence electrons. The Hall–Kier alpha value is -1.36. The van der Waals surface area contributed by atoms with Crippen molar-refractivity contribution in [2.24, 2.45) is 11.0 Å². The summed E-state index contributed by atoms with van der Waals surface area (Å²) in [5.41, 5.74) is 4.08. The minimum atomic E-state index is -0.886. The van der Waals surface area contributed by atoms with E-state index in [-0.39, 0.29) is 17.7 Å². The zero-order chi connectivity index (χ0) is 16.4. The van der Waals surface area contributed by atoms with E-state index in [2.05, 4.69) is 26.5 Å². The Labute approximate surface area is 152 Å². The molecule has 2 aromatic rings. The zero-order valence-corrected chi connectivity index (χ0v) is 15.0. The molecule has 2 aromatic carbocycles. The Bertz CT molecular complexity index is 749. The fourth-order valence-corrected chi connectivity index (χ4v) is 3.73. The van der Waals surface area contributed by atoms with Gasteiger partial charge in [-0.3, -0.25) is 4.79 Å². The van der Waals surface area contributed by atoms with Crippen molar-refractivity contribution >= 4 is 51.3 Å². The number of amides is 1. The summed E-state index contributed by atoms with van der Waals surface area (Å²) in [6, 6.07) is 16.9. The van der Waals surface area contributed by atoms with E-state index in [4.69, 9.17) is 23.2 Å². The number of nitrogens with one attached hydrogen (secondary N) is 1. The van der Waals surface area contributed by atoms with Gasteiger partial charge in [0, 0.05) is 22.5 Å². The van der Waals surface area contributed by atoms with Crippen LogP contribution in [0.25, 0.3) is 0 Å². The lowest BCUT2D eigenvalue weighted by atomic mass is 10.1. The SMILES string of the molecule is O=C(NN=CC1C(c2ccccc2)C1(Cl)Cl)c1ccccc1Br. The Morgan fingerprint density at radius 3 is 2.48 bits per heavy atom. The molecule has 23 heavy (non-hydrogen) atoms. The van der Waals surface area contributed by atoms with Crippen LogP contribution in [0.15, 0.2) is 64.2 Å². The summed E-state index contributed by atoms with van der Waals surface area (Å²) in [4.78, 5) is 12.1. The number of nitrogens with zero attached hydrogens (tertiary/aromatic N) is 1. The van der Waals surface area contributed by atoms with Crippen LogP contribution in [0.3, 0.4) is 0 Å². The maximum atomic E-state index is 12.1. The minimum Gasteiger partial charge on any atom is -0.267 e. The van der Waals surface area contributed by atoms with Crippen molar-refractivity contribution in [3.8, 4) is 0 Å². The molecule has 1 amide bonds. The monoisotopic (exact) mass is 410 g/mol. The summed E-state index contributed by atoms with van der Waals surface area (Å²) in [7, 11) is 0. The molecule has 6 heteroatoms. The summed E-state index contributed by atoms with van der Waals surface area (Å²) in [5.74, 6) is -0.440. The molecule has 1 fully saturated rings. The van der Waals surface area contributed by atoms with Crippen LogP contribution >= 0.6 is 39.1 Å². The molecule has 1 aliphatic rings. The maximum Gasteiger partial charge on any atom is 0.272 e. The molecule has 2 unspecified atom stereocenters. The van der Waals surface area contributed by atoms with Gasteiger partial charge in [0.25, 0.3) is 5.91 Å². The Balaban J connectivity index is 1.65. The Morgan fingerprint density at radius 1 is 1.13 bits per heavy atom. The van der Waals surface area contributed by atoms with Gasteiger partial charge in [0.15, 0.2) is 0 Å². The molecule has 3 nitrogen and oxygen atoms in total. The normalized spacial score (nSPS) is 22.0. The highest BCUT2D eigenvalue weighted by Crippen LogP contribution is 2.63. The molecule has 0 heterocycles. The maximum absolute atomic E-state index is 12.1. The molecule has 0 aliphatic heterocycles. The van der Waals surface area contributed by atoms with Crippen molar-refractivity contribution in [2.45, 2.75) is 10.3 Å². The third kappa shape index (κ3) is 3.44. The van der Waals surface area contributed by atoms with Crippen molar-refractivity contribution in [2.75, 3.05) is 0 Å². The molecule has 0 spiro atoms. The lowest BCUT2D eigenvalue weighted by molar-refractivity contribution is 0.0954. The quantitative estimate of drug-likeness (QED) is 0.440. The van der Waals surface area contributed by atoms with Crippen LogP contribution in [0.5, 0.6) is 0 Å². The highest BCUT2D eigenvalue weighted by Gasteiger charge is 2.63. The van der Waals surface area contributed by atoms with E-state index in [0.717, 1.165) is 5.56 Å². The second-order valence-corrected chi connectivity index (χ2v) is 7.59. The molecule has 0 aromatic heterocycles. The summed E-state index contributed by atoms with van der Waals surface area (Å²) < 4.78 is -0.173. The van der Waals surface area contributed by atoms with Gasteiger partial charge in [-0.2, -0.15) is 5.10 Å². The molecule has 0 saturated heterocycles. The first-order chi connectivity index (χ1) is 11.0. The molecular weight excluding hydrogens is 399 g/mol. The third-order valence-electron chi connectivity index (χ3n) is 3.79. The topological polar surface area (TPSA) is 41.5 Å². The number of carbonyl (C=O) groups is 1. The largest absolute Gasteiger partial charge is 0.272 e. The molecule has 1 saturated carbocycles. The van der Waals surface area contributed by atoms with Crippen molar-refractivity contribution in [1.82, 2.24) is 5.43 Å². The van der Waals surface area contributed by atoms with Gasteiger partial charge < -0.3 is 0 Å². The van der Waals surface area contributed by atoms with Crippen LogP contribution < -0.4 is 5.43 Å². The summed E-state index contributed by atoms with van der Waals surface area (Å²) >= 11 is 16.0. The predicted molar refractivity (Wildman–Crippen MR) is 97.2 cm³/mol. The van der Waals surface area contributed by atoms with Crippen molar-refractivity contribution in [3.63, 3.8) is 0 Å². The second-order valence-electron chi connectivity index (χ2n) is 5.29. The minimum absolute atomic E-state index is 0.0175. The van der Waals surface area contributed by atoms with Gasteiger partial charge in [0.05, 0.1) is 5.56 Å². The molecule has 2 atom stereocenters. The fourth-order valence-electron chi connectivity index (χ4n) is 2.51. The Kier molecular flexibility index (Phi) is 4.76. The predicted octanol–water partition coefficient (Wildman–Crippen LogP) is 4.75. The lowest BCUT2D eigenvalue weighted by Gasteiger charge is -2.01. The first-order valence-corrected chi connectivity index (χ1v) is 8.57. The highest BCUT2D eigenvalue weighted by molar-refractivity contribution is 9.10.